The van der Waals surface area contributed by atoms with E-state index in [1.165, 1.54) is 18.2 Å². The Morgan fingerprint density at radius 2 is 2.00 bits per heavy atom. The highest BCUT2D eigenvalue weighted by molar-refractivity contribution is 5.82. The van der Waals surface area contributed by atoms with Crippen LogP contribution in [0.15, 0.2) is 24.3 Å². The Morgan fingerprint density at radius 3 is 2.44 bits per heavy atom. The molecule has 2 nitrogen and oxygen atoms in total. The van der Waals surface area contributed by atoms with Crippen LogP contribution in [0.4, 0.5) is 13.2 Å². The third kappa shape index (κ3) is 2.35. The molecule has 0 aliphatic heterocycles. The first-order chi connectivity index (χ1) is 8.33. The van der Waals surface area contributed by atoms with Gasteiger partial charge in [0, 0.05) is 0 Å². The summed E-state index contributed by atoms with van der Waals surface area (Å²) in [6.45, 7) is 0. The largest absolute Gasteiger partial charge is 0.481 e. The van der Waals surface area contributed by atoms with E-state index in [2.05, 4.69) is 0 Å². The molecule has 0 radical (unpaired) electrons. The van der Waals surface area contributed by atoms with Crippen molar-refractivity contribution in [3.05, 3.63) is 35.4 Å². The molecule has 0 saturated heterocycles. The Balaban J connectivity index is 2.30. The van der Waals surface area contributed by atoms with E-state index in [1.54, 1.807) is 6.07 Å². The summed E-state index contributed by atoms with van der Waals surface area (Å²) < 4.78 is 36.9. The normalized spacial score (nSPS) is 18.2. The van der Waals surface area contributed by atoms with Gasteiger partial charge in [-0.2, -0.15) is 13.2 Å². The van der Waals surface area contributed by atoms with Crippen molar-refractivity contribution in [2.24, 2.45) is 0 Å². The monoisotopic (exact) mass is 258 g/mol. The average molecular weight is 258 g/mol. The molecule has 1 N–H and O–H groups in total. The highest BCUT2D eigenvalue weighted by Gasteiger charge is 2.46. The summed E-state index contributed by atoms with van der Waals surface area (Å²) in [7, 11) is 0. The third-order valence-corrected chi connectivity index (χ3v) is 3.50. The summed E-state index contributed by atoms with van der Waals surface area (Å²) in [5.41, 5.74) is -0.364. The lowest BCUT2D eigenvalue weighted by molar-refractivity contribution is -0.147. The minimum atomic E-state index is -4.27. The number of benzene rings is 1. The zero-order valence-electron chi connectivity index (χ0n) is 9.63. The molecule has 0 spiro atoms. The summed E-state index contributed by atoms with van der Waals surface area (Å²) in [5, 5.41) is 9.24. The molecule has 0 amide bonds. The fourth-order valence-corrected chi connectivity index (χ4v) is 2.37. The van der Waals surface area contributed by atoms with Crippen LogP contribution in [0, 0.1) is 0 Å². The van der Waals surface area contributed by atoms with Crippen LogP contribution >= 0.6 is 0 Å². The zero-order valence-corrected chi connectivity index (χ0v) is 9.63. The van der Waals surface area contributed by atoms with Crippen LogP contribution in [0.5, 0.6) is 0 Å². The fraction of sp³-hybridized carbons (Fsp3) is 0.462. The lowest BCUT2D eigenvalue weighted by Crippen LogP contribution is -2.42. The van der Waals surface area contributed by atoms with Gasteiger partial charge in [0.15, 0.2) is 0 Å². The van der Waals surface area contributed by atoms with E-state index in [4.69, 9.17) is 0 Å². The Bertz CT molecular complexity index is 462. The number of halogens is 3. The second-order valence-corrected chi connectivity index (χ2v) is 4.73. The van der Waals surface area contributed by atoms with Crippen molar-refractivity contribution < 1.29 is 23.1 Å². The van der Waals surface area contributed by atoms with Crippen LogP contribution in [0.1, 0.15) is 30.4 Å². The van der Waals surface area contributed by atoms with E-state index < -0.39 is 24.0 Å². The highest BCUT2D eigenvalue weighted by atomic mass is 19.4. The standard InChI is InChI=1S/C13H13F3O2/c14-13(15,16)8-9-3-1-4-10(7-9)12(11(17)18)5-2-6-12/h1,3-4,7H,2,5-6,8H2,(H,17,18). The minimum Gasteiger partial charge on any atom is -0.481 e. The van der Waals surface area contributed by atoms with Crippen molar-refractivity contribution >= 4 is 5.97 Å². The summed E-state index contributed by atoms with van der Waals surface area (Å²) in [4.78, 5) is 11.3. The van der Waals surface area contributed by atoms with Gasteiger partial charge < -0.3 is 5.11 Å². The van der Waals surface area contributed by atoms with Crippen molar-refractivity contribution in [1.29, 1.82) is 0 Å². The van der Waals surface area contributed by atoms with E-state index >= 15 is 0 Å². The Hall–Kier alpha value is -1.52. The molecule has 1 aromatic carbocycles. The quantitative estimate of drug-likeness (QED) is 0.903. The van der Waals surface area contributed by atoms with Gasteiger partial charge in [0.2, 0.25) is 0 Å². The van der Waals surface area contributed by atoms with E-state index in [1.807, 2.05) is 0 Å². The average Bonchev–Trinajstić information content (AvgIpc) is 2.12. The molecule has 1 fully saturated rings. The number of rotatable bonds is 3. The number of carbonyl (C=O) groups is 1. The molecule has 0 aromatic heterocycles. The molecule has 5 heteroatoms. The minimum absolute atomic E-state index is 0.118. The number of aliphatic carboxylic acids is 1. The molecule has 0 unspecified atom stereocenters. The molecular formula is C13H13F3O2. The number of hydrogen-bond acceptors (Lipinski definition) is 1. The van der Waals surface area contributed by atoms with E-state index in [0.717, 1.165) is 6.42 Å². The van der Waals surface area contributed by atoms with Crippen molar-refractivity contribution in [3.63, 3.8) is 0 Å². The Morgan fingerprint density at radius 1 is 1.33 bits per heavy atom. The van der Waals surface area contributed by atoms with Crippen molar-refractivity contribution in [1.82, 2.24) is 0 Å². The van der Waals surface area contributed by atoms with Gasteiger partial charge in [-0.25, -0.2) is 0 Å². The van der Waals surface area contributed by atoms with Gasteiger partial charge in [0.1, 0.15) is 0 Å². The molecule has 98 valence electrons. The van der Waals surface area contributed by atoms with Crippen LogP contribution in [0.2, 0.25) is 0 Å². The molecule has 1 aliphatic carbocycles. The number of hydrogen-bond donors (Lipinski definition) is 1. The highest BCUT2D eigenvalue weighted by Crippen LogP contribution is 2.44. The van der Waals surface area contributed by atoms with Crippen molar-refractivity contribution in [2.45, 2.75) is 37.3 Å². The summed E-state index contributed by atoms with van der Waals surface area (Å²) in [6.07, 6.45) is -3.49. The van der Waals surface area contributed by atoms with Crippen LogP contribution in [-0.2, 0) is 16.6 Å². The van der Waals surface area contributed by atoms with Gasteiger partial charge in [0.25, 0.3) is 0 Å². The second-order valence-electron chi connectivity index (χ2n) is 4.73. The first kappa shape index (κ1) is 12.9. The van der Waals surface area contributed by atoms with Gasteiger partial charge in [-0.05, 0) is 24.0 Å². The van der Waals surface area contributed by atoms with E-state index in [9.17, 15) is 23.1 Å². The molecule has 2 rings (SSSR count). The van der Waals surface area contributed by atoms with Crippen LogP contribution < -0.4 is 0 Å². The van der Waals surface area contributed by atoms with Crippen molar-refractivity contribution in [3.8, 4) is 0 Å². The number of carboxylic acids is 1. The molecule has 18 heavy (non-hydrogen) atoms. The Kier molecular flexibility index (Phi) is 3.09. The Labute approximate surface area is 102 Å². The van der Waals surface area contributed by atoms with Gasteiger partial charge in [-0.15, -0.1) is 0 Å². The maximum Gasteiger partial charge on any atom is 0.393 e. The van der Waals surface area contributed by atoms with Gasteiger partial charge in [0.05, 0.1) is 11.8 Å². The zero-order chi connectivity index (χ0) is 13.4. The lowest BCUT2D eigenvalue weighted by atomic mass is 9.64. The second kappa shape index (κ2) is 4.30. The fourth-order valence-electron chi connectivity index (χ4n) is 2.37. The molecule has 0 atom stereocenters. The maximum atomic E-state index is 12.3. The predicted octanol–water partition coefficient (Wildman–Crippen LogP) is 3.30. The summed E-state index contributed by atoms with van der Waals surface area (Å²) in [5.74, 6) is -0.946. The molecule has 0 heterocycles. The smallest absolute Gasteiger partial charge is 0.393 e. The molecule has 1 aromatic rings. The predicted molar refractivity (Wildman–Crippen MR) is 59.4 cm³/mol. The molecular weight excluding hydrogens is 245 g/mol. The van der Waals surface area contributed by atoms with Crippen LogP contribution in [0.25, 0.3) is 0 Å². The maximum absolute atomic E-state index is 12.3. The lowest BCUT2D eigenvalue weighted by Gasteiger charge is -2.38. The van der Waals surface area contributed by atoms with Crippen molar-refractivity contribution in [2.75, 3.05) is 0 Å². The molecule has 1 aliphatic rings. The molecule has 0 bridgehead atoms. The van der Waals surface area contributed by atoms with E-state index in [-0.39, 0.29) is 5.56 Å². The topological polar surface area (TPSA) is 37.3 Å². The van der Waals surface area contributed by atoms with Gasteiger partial charge in [-0.1, -0.05) is 30.7 Å². The summed E-state index contributed by atoms with van der Waals surface area (Å²) in [6, 6.07) is 5.86. The first-order valence-corrected chi connectivity index (χ1v) is 5.73. The first-order valence-electron chi connectivity index (χ1n) is 5.73. The number of alkyl halides is 3. The van der Waals surface area contributed by atoms with E-state index in [0.29, 0.717) is 18.4 Å². The SMILES string of the molecule is O=C(O)C1(c2cccc(CC(F)(F)F)c2)CCC1. The third-order valence-electron chi connectivity index (χ3n) is 3.50. The summed E-state index contributed by atoms with van der Waals surface area (Å²) >= 11 is 0. The van der Waals surface area contributed by atoms with Gasteiger partial charge >= 0.3 is 12.1 Å². The van der Waals surface area contributed by atoms with Gasteiger partial charge in [-0.3, -0.25) is 4.79 Å². The number of carboxylic acid groups (broad SMARTS) is 1. The van der Waals surface area contributed by atoms with Crippen LogP contribution in [-0.4, -0.2) is 17.3 Å². The molecule has 1 saturated carbocycles. The van der Waals surface area contributed by atoms with Crippen LogP contribution in [0.3, 0.4) is 0 Å².